The second kappa shape index (κ2) is 12.7. The first-order valence-corrected chi connectivity index (χ1v) is 19.1. The van der Waals surface area contributed by atoms with Gasteiger partial charge >= 0.3 is 0 Å². The molecule has 53 heavy (non-hydrogen) atoms. The van der Waals surface area contributed by atoms with Crippen LogP contribution in [-0.2, 0) is 21.7 Å². The van der Waals surface area contributed by atoms with Gasteiger partial charge in [0.05, 0.1) is 27.8 Å². The smallest absolute Gasteiger partial charge is 0.0919 e. The highest BCUT2D eigenvalue weighted by atomic mass is 35.5. The van der Waals surface area contributed by atoms with Crippen LogP contribution in [-0.4, -0.2) is 19.9 Å². The summed E-state index contributed by atoms with van der Waals surface area (Å²) in [6.45, 7) is 27.3. The van der Waals surface area contributed by atoms with Crippen LogP contribution >= 0.6 is 11.6 Å². The Kier molecular flexibility index (Phi) is 8.81. The Balaban J connectivity index is 1.57. The van der Waals surface area contributed by atoms with Crippen molar-refractivity contribution in [1.29, 1.82) is 0 Å². The topological polar surface area (TPSA) is 57.4 Å². The molecule has 8 bridgehead atoms. The maximum Gasteiger partial charge on any atom is 0.0919 e. The summed E-state index contributed by atoms with van der Waals surface area (Å²) in [6, 6.07) is 24.8. The molecule has 0 amide bonds. The second-order valence-electron chi connectivity index (χ2n) is 18.9. The van der Waals surface area contributed by atoms with Crippen LogP contribution in [0.25, 0.3) is 68.6 Å². The van der Waals surface area contributed by atoms with E-state index in [-0.39, 0.29) is 21.7 Å². The molecule has 3 aromatic heterocycles. The second-order valence-corrected chi connectivity index (χ2v) is 19.3. The number of hydrogen-bond donors (Lipinski definition) is 2. The number of nitrogens with one attached hydrogen (secondary N) is 2. The van der Waals surface area contributed by atoms with Crippen molar-refractivity contribution in [3.63, 3.8) is 0 Å². The highest BCUT2D eigenvalue weighted by Gasteiger charge is 2.25. The molecule has 272 valence electrons. The summed E-state index contributed by atoms with van der Waals surface area (Å²) in [5.41, 5.74) is 16.5. The number of aromatic nitrogens is 4. The lowest BCUT2D eigenvalue weighted by Crippen LogP contribution is -2.16. The summed E-state index contributed by atoms with van der Waals surface area (Å²) in [7, 11) is 0. The normalized spacial score (nSPS) is 13.6. The summed E-state index contributed by atoms with van der Waals surface area (Å²) in [5, 5.41) is 0.527. The maximum absolute atomic E-state index is 7.24. The number of nitrogens with zero attached hydrogens (tertiary/aromatic N) is 2. The summed E-state index contributed by atoms with van der Waals surface area (Å²) in [6.07, 6.45) is 8.20. The molecule has 0 atom stereocenters. The number of H-pyrrole nitrogens is 2. The van der Waals surface area contributed by atoms with Gasteiger partial charge in [0.25, 0.3) is 0 Å². The lowest BCUT2D eigenvalue weighted by atomic mass is 9.78. The van der Waals surface area contributed by atoms with Crippen LogP contribution in [0.5, 0.6) is 0 Å². The van der Waals surface area contributed by atoms with Crippen LogP contribution in [0.4, 0.5) is 0 Å². The van der Waals surface area contributed by atoms with Crippen molar-refractivity contribution in [2.45, 2.75) is 105 Å². The summed E-state index contributed by atoms with van der Waals surface area (Å²) >= 11 is 7.24. The third kappa shape index (κ3) is 7.31. The van der Waals surface area contributed by atoms with Crippen LogP contribution in [0.3, 0.4) is 0 Å². The van der Waals surface area contributed by atoms with Gasteiger partial charge in [0.2, 0.25) is 0 Å². The summed E-state index contributed by atoms with van der Waals surface area (Å²) in [4.78, 5) is 17.9. The largest absolute Gasteiger partial charge is 0.355 e. The average molecular weight is 721 g/mol. The molecular weight excluding hydrogens is 668 g/mol. The third-order valence-corrected chi connectivity index (χ3v) is 10.8. The van der Waals surface area contributed by atoms with E-state index in [4.69, 9.17) is 21.6 Å². The fraction of sp³-hybridized carbons (Fsp3) is 0.333. The van der Waals surface area contributed by atoms with Crippen molar-refractivity contribution < 1.29 is 0 Å². The number of aromatic amines is 2. The zero-order valence-corrected chi connectivity index (χ0v) is 34.2. The van der Waals surface area contributed by atoms with Crippen molar-refractivity contribution >= 4 is 58.0 Å². The molecular formula is C48H53ClN4. The molecule has 2 N–H and O–H groups in total. The Bertz CT molecular complexity index is 2260. The molecule has 2 aliphatic rings. The van der Waals surface area contributed by atoms with Gasteiger partial charge in [-0.15, -0.1) is 0 Å². The van der Waals surface area contributed by atoms with Gasteiger partial charge in [-0.25, -0.2) is 9.97 Å². The fourth-order valence-electron chi connectivity index (χ4n) is 6.99. The minimum Gasteiger partial charge on any atom is -0.355 e. The first-order valence-electron chi connectivity index (χ1n) is 18.8. The van der Waals surface area contributed by atoms with Gasteiger partial charge in [0, 0.05) is 33.2 Å². The number of halogens is 1. The van der Waals surface area contributed by atoms with Crippen molar-refractivity contribution in [3.05, 3.63) is 117 Å². The summed E-state index contributed by atoms with van der Waals surface area (Å²) < 4.78 is 0. The van der Waals surface area contributed by atoms with E-state index in [0.29, 0.717) is 16.4 Å². The number of rotatable bonds is 2. The van der Waals surface area contributed by atoms with E-state index in [0.717, 1.165) is 55.7 Å². The highest BCUT2D eigenvalue weighted by Crippen LogP contribution is 2.40. The Morgan fingerprint density at radius 3 is 1.06 bits per heavy atom. The molecule has 0 saturated carbocycles. The quantitative estimate of drug-likeness (QED) is 0.187. The number of fused-ring (bicyclic) bond motifs is 8. The molecule has 0 aliphatic carbocycles. The molecule has 5 heterocycles. The van der Waals surface area contributed by atoms with E-state index in [1.807, 2.05) is 12.2 Å². The predicted molar refractivity (Wildman–Crippen MR) is 230 cm³/mol. The van der Waals surface area contributed by atoms with Crippen LogP contribution in [0.1, 0.15) is 128 Å². The van der Waals surface area contributed by atoms with Crippen molar-refractivity contribution in [3.8, 4) is 22.3 Å². The van der Waals surface area contributed by atoms with Gasteiger partial charge in [0.15, 0.2) is 0 Å². The maximum atomic E-state index is 7.24. The first kappa shape index (κ1) is 36.7. The lowest BCUT2D eigenvalue weighted by molar-refractivity contribution is 0.568. The third-order valence-electron chi connectivity index (χ3n) is 10.4. The van der Waals surface area contributed by atoms with Gasteiger partial charge in [0.1, 0.15) is 0 Å². The van der Waals surface area contributed by atoms with Crippen molar-refractivity contribution in [1.82, 2.24) is 19.9 Å². The highest BCUT2D eigenvalue weighted by molar-refractivity contribution is 6.33. The zero-order chi connectivity index (χ0) is 38.2. The van der Waals surface area contributed by atoms with Crippen LogP contribution in [0.15, 0.2) is 66.7 Å². The van der Waals surface area contributed by atoms with Crippen molar-refractivity contribution in [2.24, 2.45) is 0 Å². The molecule has 0 radical (unpaired) electrons. The molecule has 0 saturated heterocycles. The monoisotopic (exact) mass is 720 g/mol. The van der Waals surface area contributed by atoms with E-state index in [1.54, 1.807) is 0 Å². The minimum atomic E-state index is -0.0318. The molecule has 7 rings (SSSR count). The average Bonchev–Trinajstić information content (AvgIpc) is 3.88. The van der Waals surface area contributed by atoms with Crippen LogP contribution in [0.2, 0.25) is 5.02 Å². The Hall–Kier alpha value is -4.67. The molecule has 5 aromatic rings. The van der Waals surface area contributed by atoms with Gasteiger partial charge in [-0.1, -0.05) is 131 Å². The van der Waals surface area contributed by atoms with Gasteiger partial charge in [-0.2, -0.15) is 0 Å². The van der Waals surface area contributed by atoms with Gasteiger partial charge < -0.3 is 9.97 Å². The molecule has 2 aliphatic heterocycles. The fourth-order valence-corrected chi connectivity index (χ4v) is 7.20. The predicted octanol–water partition coefficient (Wildman–Crippen LogP) is 13.8. The molecule has 2 aromatic carbocycles. The Morgan fingerprint density at radius 2 is 0.736 bits per heavy atom. The lowest BCUT2D eigenvalue weighted by Gasteiger charge is -2.26. The van der Waals surface area contributed by atoms with Gasteiger partial charge in [-0.3, -0.25) is 0 Å². The van der Waals surface area contributed by atoms with E-state index in [9.17, 15) is 0 Å². The standard InChI is InChI=1S/C48H53ClN4/c1-45(2,3)30-21-28(22-31(25-30)46(4,5)6)42-36-15-13-34(50-36)27-35-14-16-37(51-35)43(29-23-32(47(7,8)9)26-33(24-29)48(10,11)12)39-18-20-41(53-39)44(49)40-19-17-38(42)52-40/h13-27,50-51H,1-12H3. The van der Waals surface area contributed by atoms with Gasteiger partial charge in [-0.05, 0) is 110 Å². The number of benzene rings is 2. The number of hydrogen-bond acceptors (Lipinski definition) is 2. The first-order chi connectivity index (χ1) is 24.6. The molecule has 4 nitrogen and oxygen atoms in total. The van der Waals surface area contributed by atoms with E-state index >= 15 is 0 Å². The minimum absolute atomic E-state index is 0.0318. The van der Waals surface area contributed by atoms with Crippen LogP contribution in [0, 0.1) is 0 Å². The molecule has 5 heteroatoms. The van der Waals surface area contributed by atoms with Crippen molar-refractivity contribution in [2.75, 3.05) is 0 Å². The molecule has 0 fully saturated rings. The summed E-state index contributed by atoms with van der Waals surface area (Å²) in [5.74, 6) is 0. The molecule has 0 spiro atoms. The SMILES string of the molecule is CC(C)(C)c1cc(-c2c3nc(c(Cl)c4nc(c(-c5cc(C(C)(C)C)cc(C(C)(C)C)c5)c5ccc(cc6ccc2[nH]6)[nH]5)C=C4)C=C3)cc(C(C)(C)C)c1. The Morgan fingerprint density at radius 1 is 0.415 bits per heavy atom. The zero-order valence-electron chi connectivity index (χ0n) is 33.4. The van der Waals surface area contributed by atoms with E-state index in [2.05, 4.69) is 172 Å². The molecule has 0 unspecified atom stereocenters. The van der Waals surface area contributed by atoms with E-state index in [1.165, 1.54) is 22.3 Å². The van der Waals surface area contributed by atoms with Crippen LogP contribution < -0.4 is 0 Å². The Labute approximate surface area is 320 Å². The van der Waals surface area contributed by atoms with E-state index < -0.39 is 0 Å².